The van der Waals surface area contributed by atoms with E-state index in [1.54, 1.807) is 20.9 Å². The van der Waals surface area contributed by atoms with E-state index in [1.807, 2.05) is 44.2 Å². The zero-order valence-electron chi connectivity index (χ0n) is 15.4. The van der Waals surface area contributed by atoms with Crippen LogP contribution in [0, 0.1) is 0 Å². The second-order valence-corrected chi connectivity index (χ2v) is 8.61. The minimum atomic E-state index is -3.06. The van der Waals surface area contributed by atoms with Crippen molar-refractivity contribution in [3.63, 3.8) is 0 Å². The van der Waals surface area contributed by atoms with Crippen LogP contribution < -0.4 is 0 Å². The average Bonchev–Trinajstić information content (AvgIpc) is 3.09. The Morgan fingerprint density at radius 2 is 1.81 bits per heavy atom. The predicted octanol–water partition coefficient (Wildman–Crippen LogP) is 3.81. The first-order chi connectivity index (χ1) is 12.3. The van der Waals surface area contributed by atoms with Gasteiger partial charge in [-0.2, -0.15) is 4.74 Å². The van der Waals surface area contributed by atoms with Crippen molar-refractivity contribution < 1.29 is 18.8 Å². The summed E-state index contributed by atoms with van der Waals surface area (Å²) in [6, 6.07) is 9.46. The highest BCUT2D eigenvalue weighted by molar-refractivity contribution is 7.58. The van der Waals surface area contributed by atoms with Crippen LogP contribution in [0.15, 0.2) is 45.3 Å². The predicted molar refractivity (Wildman–Crippen MR) is 98.3 cm³/mol. The van der Waals surface area contributed by atoms with E-state index in [2.05, 4.69) is 14.9 Å². The summed E-state index contributed by atoms with van der Waals surface area (Å²) in [5.41, 5.74) is 0.815. The van der Waals surface area contributed by atoms with Gasteiger partial charge in [0.15, 0.2) is 5.84 Å². The van der Waals surface area contributed by atoms with Crippen LogP contribution in [0.3, 0.4) is 0 Å². The molecule has 2 heterocycles. The summed E-state index contributed by atoms with van der Waals surface area (Å²) in [4.78, 5) is 12.6. The maximum absolute atomic E-state index is 12.6. The normalized spacial score (nSPS) is 21.7. The van der Waals surface area contributed by atoms with Crippen molar-refractivity contribution in [3.05, 3.63) is 35.9 Å². The number of amidine groups is 1. The molecule has 0 radical (unpaired) electrons. The molecule has 0 bridgehead atoms. The van der Waals surface area contributed by atoms with E-state index in [4.69, 9.17) is 14.0 Å². The number of benzene rings is 1. The molecule has 1 aromatic rings. The van der Waals surface area contributed by atoms with Crippen molar-refractivity contribution in [1.29, 1.82) is 0 Å². The average molecular weight is 379 g/mol. The number of carbonyl (C=O) groups is 1. The number of ether oxygens (including phenoxy) is 2. The van der Waals surface area contributed by atoms with Crippen LogP contribution in [0.1, 0.15) is 33.3 Å². The third kappa shape index (κ3) is 3.39. The van der Waals surface area contributed by atoms with Crippen LogP contribution in [0.25, 0.3) is 0 Å². The number of nitrogens with zero attached hydrogens (tertiary/aromatic N) is 5. The fourth-order valence-corrected chi connectivity index (χ4v) is 4.33. The van der Waals surface area contributed by atoms with Gasteiger partial charge in [0.05, 0.1) is 12.2 Å². The first kappa shape index (κ1) is 18.3. The van der Waals surface area contributed by atoms with Gasteiger partial charge in [-0.3, -0.25) is 0 Å². The van der Waals surface area contributed by atoms with E-state index in [-0.39, 0.29) is 18.3 Å². The van der Waals surface area contributed by atoms with Gasteiger partial charge in [0, 0.05) is 12.6 Å². The van der Waals surface area contributed by atoms with Crippen LogP contribution in [-0.2, 0) is 14.0 Å². The van der Waals surface area contributed by atoms with E-state index < -0.39 is 13.7 Å². The van der Waals surface area contributed by atoms with E-state index >= 15 is 0 Å². The smallest absolute Gasteiger partial charge is 0.439 e. The standard InChI is InChI=1S/C16H22N5O4P/c1-11(2)23-15-18-21(16(22)24-12(3)4)26(25-15)19-14(17-20(26)5)13-9-7-6-8-10-13/h6-12H,1-5H3. The minimum absolute atomic E-state index is 0.0193. The highest BCUT2D eigenvalue weighted by atomic mass is 31.2. The fourth-order valence-electron chi connectivity index (χ4n) is 2.29. The zero-order chi connectivity index (χ0) is 18.9. The molecule has 0 aromatic heterocycles. The molecule has 0 saturated heterocycles. The maximum atomic E-state index is 12.6. The van der Waals surface area contributed by atoms with Gasteiger partial charge in [-0.05, 0) is 27.7 Å². The molecule has 0 N–H and O–H groups in total. The van der Waals surface area contributed by atoms with Crippen molar-refractivity contribution >= 4 is 25.6 Å². The van der Waals surface area contributed by atoms with Crippen molar-refractivity contribution in [2.75, 3.05) is 7.05 Å². The Balaban J connectivity index is 1.99. The summed E-state index contributed by atoms with van der Waals surface area (Å²) in [6.07, 6.45) is -1.16. The molecule has 3 rings (SSSR count). The Labute approximate surface area is 152 Å². The first-order valence-electron chi connectivity index (χ1n) is 8.28. The van der Waals surface area contributed by atoms with Gasteiger partial charge in [-0.25, -0.2) is 9.57 Å². The van der Waals surface area contributed by atoms with Crippen molar-refractivity contribution in [1.82, 2.24) is 9.56 Å². The molecule has 1 aromatic carbocycles. The minimum Gasteiger partial charge on any atom is -0.446 e. The van der Waals surface area contributed by atoms with E-state index in [0.717, 1.165) is 10.3 Å². The number of rotatable bonds is 3. The Kier molecular flexibility index (Phi) is 4.91. The lowest BCUT2D eigenvalue weighted by Crippen LogP contribution is -2.28. The molecule has 9 nitrogen and oxygen atoms in total. The van der Waals surface area contributed by atoms with E-state index in [1.165, 1.54) is 4.78 Å². The second-order valence-electron chi connectivity index (χ2n) is 6.24. The lowest BCUT2D eigenvalue weighted by atomic mass is 10.2. The van der Waals surface area contributed by atoms with Gasteiger partial charge >= 0.3 is 19.8 Å². The lowest BCUT2D eigenvalue weighted by molar-refractivity contribution is 0.0964. The molecule has 26 heavy (non-hydrogen) atoms. The van der Waals surface area contributed by atoms with Gasteiger partial charge in [-0.1, -0.05) is 35.4 Å². The third-order valence-corrected chi connectivity index (χ3v) is 5.77. The maximum Gasteiger partial charge on any atom is 0.439 e. The molecule has 1 atom stereocenters. The summed E-state index contributed by atoms with van der Waals surface area (Å²) in [7, 11) is -1.37. The van der Waals surface area contributed by atoms with Crippen molar-refractivity contribution in [2.45, 2.75) is 39.9 Å². The van der Waals surface area contributed by atoms with Crippen molar-refractivity contribution in [2.24, 2.45) is 14.9 Å². The highest BCUT2D eigenvalue weighted by Gasteiger charge is 2.51. The Morgan fingerprint density at radius 3 is 2.42 bits per heavy atom. The summed E-state index contributed by atoms with van der Waals surface area (Å²) in [6.45, 7) is 7.20. The topological polar surface area (TPSA) is 88.3 Å². The molecule has 10 heteroatoms. The molecule has 0 fully saturated rings. The molecule has 0 saturated carbocycles. The van der Waals surface area contributed by atoms with Crippen LogP contribution in [-0.4, -0.2) is 46.8 Å². The van der Waals surface area contributed by atoms with Gasteiger partial charge in [0.2, 0.25) is 0 Å². The monoisotopic (exact) mass is 379 g/mol. The van der Waals surface area contributed by atoms with E-state index in [0.29, 0.717) is 5.84 Å². The molecule has 140 valence electrons. The lowest BCUT2D eigenvalue weighted by Gasteiger charge is -2.26. The van der Waals surface area contributed by atoms with Gasteiger partial charge in [0.25, 0.3) is 0 Å². The van der Waals surface area contributed by atoms with Gasteiger partial charge < -0.3 is 14.0 Å². The largest absolute Gasteiger partial charge is 0.446 e. The second kappa shape index (κ2) is 6.99. The van der Waals surface area contributed by atoms with Crippen LogP contribution in [0.4, 0.5) is 4.79 Å². The molecule has 1 unspecified atom stereocenters. The molecule has 2 aliphatic heterocycles. The molecular formula is C16H22N5O4P. The first-order valence-corrected chi connectivity index (χ1v) is 9.85. The quantitative estimate of drug-likeness (QED) is 0.745. The Morgan fingerprint density at radius 1 is 1.12 bits per heavy atom. The fraction of sp³-hybridized carbons (Fsp3) is 0.438. The van der Waals surface area contributed by atoms with E-state index in [9.17, 15) is 4.79 Å². The summed E-state index contributed by atoms with van der Waals surface area (Å²) in [5, 5.41) is 8.62. The SMILES string of the molecule is CC(C)OC(=O)N1N=C(OC(C)C)OP12=NC(c1ccccc1)=NN2C. The molecular weight excluding hydrogens is 357 g/mol. The summed E-state index contributed by atoms with van der Waals surface area (Å²) in [5.74, 6) is 0.463. The van der Waals surface area contributed by atoms with Crippen molar-refractivity contribution in [3.8, 4) is 0 Å². The summed E-state index contributed by atoms with van der Waals surface area (Å²) >= 11 is 0. The van der Waals surface area contributed by atoms with Crippen LogP contribution >= 0.6 is 7.58 Å². The number of carbonyl (C=O) groups excluding carboxylic acids is 1. The summed E-state index contributed by atoms with van der Waals surface area (Å²) < 4.78 is 24.0. The van der Waals surface area contributed by atoms with Crippen LogP contribution in [0.5, 0.6) is 0 Å². The van der Waals surface area contributed by atoms with Gasteiger partial charge in [-0.15, -0.1) is 9.88 Å². The van der Waals surface area contributed by atoms with Gasteiger partial charge in [0.1, 0.15) is 0 Å². The number of amides is 1. The third-order valence-electron chi connectivity index (χ3n) is 3.33. The number of hydrogen-bond donors (Lipinski definition) is 0. The highest BCUT2D eigenvalue weighted by Crippen LogP contribution is 2.63. The molecule has 2 aliphatic rings. The number of hydrazone groups is 2. The molecule has 1 amide bonds. The Hall–Kier alpha value is -2.54. The van der Waals surface area contributed by atoms with Crippen LogP contribution in [0.2, 0.25) is 0 Å². The molecule has 0 aliphatic carbocycles. The number of hydrogen-bond acceptors (Lipinski definition) is 8. The zero-order valence-corrected chi connectivity index (χ0v) is 16.3. The molecule has 1 spiro atoms. The Bertz CT molecular complexity index is 806.